The lowest BCUT2D eigenvalue weighted by molar-refractivity contribution is 0.362. The number of rotatable bonds is 12. The highest BCUT2D eigenvalue weighted by atomic mass is 14.1. The van der Waals surface area contributed by atoms with Crippen molar-refractivity contribution in [3.05, 3.63) is 0 Å². The molecule has 0 aromatic heterocycles. The van der Waals surface area contributed by atoms with Gasteiger partial charge in [-0.05, 0) is 17.8 Å². The molecule has 0 aromatic rings. The van der Waals surface area contributed by atoms with Gasteiger partial charge in [-0.15, -0.1) is 0 Å². The van der Waals surface area contributed by atoms with Crippen LogP contribution in [0, 0.1) is 17.8 Å². The third-order valence-corrected chi connectivity index (χ3v) is 4.54. The molecule has 0 fully saturated rings. The zero-order valence-electron chi connectivity index (χ0n) is 13.8. The second kappa shape index (κ2) is 12.1. The molecule has 0 radical (unpaired) electrons. The highest BCUT2D eigenvalue weighted by Gasteiger charge is 2.07. The molecule has 0 aliphatic carbocycles. The molecule has 0 heteroatoms. The lowest BCUT2D eigenvalue weighted by atomic mass is 9.90. The third kappa shape index (κ3) is 11.1. The van der Waals surface area contributed by atoms with Crippen molar-refractivity contribution in [3.63, 3.8) is 0 Å². The second-order valence-corrected chi connectivity index (χ2v) is 6.81. The van der Waals surface area contributed by atoms with Gasteiger partial charge in [0.25, 0.3) is 0 Å². The Kier molecular flexibility index (Phi) is 12.1. The minimum atomic E-state index is 0.862. The molecule has 0 spiro atoms. The SMILES string of the molecule is CCCCCCCC(C)CCCCC(C)C(C)C. The fourth-order valence-electron chi connectivity index (χ4n) is 2.53. The van der Waals surface area contributed by atoms with Crippen LogP contribution in [0.3, 0.4) is 0 Å². The van der Waals surface area contributed by atoms with Gasteiger partial charge in [0.1, 0.15) is 0 Å². The van der Waals surface area contributed by atoms with E-state index in [0.717, 1.165) is 17.8 Å². The molecule has 0 nitrogen and oxygen atoms in total. The molecule has 0 amide bonds. The lowest BCUT2D eigenvalue weighted by Crippen LogP contribution is -2.04. The van der Waals surface area contributed by atoms with Crippen LogP contribution in [-0.4, -0.2) is 0 Å². The van der Waals surface area contributed by atoms with Gasteiger partial charge < -0.3 is 0 Å². The van der Waals surface area contributed by atoms with Crippen molar-refractivity contribution < 1.29 is 0 Å². The first kappa shape index (κ1) is 18.0. The zero-order chi connectivity index (χ0) is 13.8. The van der Waals surface area contributed by atoms with Gasteiger partial charge in [0.05, 0.1) is 0 Å². The molecule has 0 aliphatic heterocycles. The van der Waals surface area contributed by atoms with Crippen LogP contribution in [0.15, 0.2) is 0 Å². The number of hydrogen-bond acceptors (Lipinski definition) is 0. The number of unbranched alkanes of at least 4 members (excludes halogenated alkanes) is 5. The van der Waals surface area contributed by atoms with Crippen molar-refractivity contribution in [2.75, 3.05) is 0 Å². The van der Waals surface area contributed by atoms with E-state index in [0.29, 0.717) is 0 Å². The molecule has 0 rings (SSSR count). The summed E-state index contributed by atoms with van der Waals surface area (Å²) >= 11 is 0. The summed E-state index contributed by atoms with van der Waals surface area (Å²) in [5.41, 5.74) is 0. The Bertz CT molecular complexity index is 159. The van der Waals surface area contributed by atoms with Crippen LogP contribution in [0.2, 0.25) is 0 Å². The van der Waals surface area contributed by atoms with Crippen LogP contribution >= 0.6 is 0 Å². The molecular formula is C18H38. The van der Waals surface area contributed by atoms with E-state index in [1.807, 2.05) is 0 Å². The molecular weight excluding hydrogens is 216 g/mol. The molecule has 110 valence electrons. The van der Waals surface area contributed by atoms with Crippen LogP contribution in [0.4, 0.5) is 0 Å². The molecule has 18 heavy (non-hydrogen) atoms. The van der Waals surface area contributed by atoms with Crippen LogP contribution in [-0.2, 0) is 0 Å². The maximum Gasteiger partial charge on any atom is -0.0420 e. The topological polar surface area (TPSA) is 0 Å². The highest BCUT2D eigenvalue weighted by Crippen LogP contribution is 2.21. The van der Waals surface area contributed by atoms with E-state index in [1.165, 1.54) is 64.2 Å². The van der Waals surface area contributed by atoms with Crippen molar-refractivity contribution >= 4 is 0 Å². The first-order valence-electron chi connectivity index (χ1n) is 8.57. The Morgan fingerprint density at radius 3 is 1.67 bits per heavy atom. The van der Waals surface area contributed by atoms with E-state index in [1.54, 1.807) is 0 Å². The van der Waals surface area contributed by atoms with E-state index < -0.39 is 0 Å². The molecule has 0 heterocycles. The average Bonchev–Trinajstić information content (AvgIpc) is 2.34. The highest BCUT2D eigenvalue weighted by molar-refractivity contribution is 4.59. The Morgan fingerprint density at radius 1 is 0.611 bits per heavy atom. The molecule has 0 N–H and O–H groups in total. The first-order valence-corrected chi connectivity index (χ1v) is 8.57. The molecule has 2 atom stereocenters. The fourth-order valence-corrected chi connectivity index (χ4v) is 2.53. The van der Waals surface area contributed by atoms with Crippen LogP contribution in [0.5, 0.6) is 0 Å². The van der Waals surface area contributed by atoms with E-state index in [9.17, 15) is 0 Å². The molecule has 0 aromatic carbocycles. The summed E-state index contributed by atoms with van der Waals surface area (Å²) in [5, 5.41) is 0. The predicted molar refractivity (Wildman–Crippen MR) is 85.0 cm³/mol. The third-order valence-electron chi connectivity index (χ3n) is 4.54. The van der Waals surface area contributed by atoms with E-state index in [2.05, 4.69) is 34.6 Å². The van der Waals surface area contributed by atoms with Gasteiger partial charge in [-0.2, -0.15) is 0 Å². The van der Waals surface area contributed by atoms with Crippen molar-refractivity contribution in [2.24, 2.45) is 17.8 Å². The molecule has 0 bridgehead atoms. The van der Waals surface area contributed by atoms with Gasteiger partial charge >= 0.3 is 0 Å². The van der Waals surface area contributed by atoms with Gasteiger partial charge in [0.15, 0.2) is 0 Å². The van der Waals surface area contributed by atoms with Crippen molar-refractivity contribution in [2.45, 2.75) is 98.8 Å². The fraction of sp³-hybridized carbons (Fsp3) is 1.00. The van der Waals surface area contributed by atoms with Gasteiger partial charge in [-0.25, -0.2) is 0 Å². The van der Waals surface area contributed by atoms with E-state index in [4.69, 9.17) is 0 Å². The Balaban J connectivity index is 3.29. The smallest absolute Gasteiger partial charge is 0.0420 e. The van der Waals surface area contributed by atoms with E-state index in [-0.39, 0.29) is 0 Å². The molecule has 0 aliphatic rings. The molecule has 0 saturated heterocycles. The maximum atomic E-state index is 2.45. The normalized spacial score (nSPS) is 15.0. The number of hydrogen-bond donors (Lipinski definition) is 0. The van der Waals surface area contributed by atoms with Gasteiger partial charge in [0.2, 0.25) is 0 Å². The van der Waals surface area contributed by atoms with Crippen LogP contribution in [0.1, 0.15) is 98.8 Å². The summed E-state index contributed by atoms with van der Waals surface area (Å²) in [6.07, 6.45) is 14.4. The summed E-state index contributed by atoms with van der Waals surface area (Å²) in [5.74, 6) is 2.73. The first-order chi connectivity index (χ1) is 8.57. The largest absolute Gasteiger partial charge is 0.0654 e. The van der Waals surface area contributed by atoms with E-state index >= 15 is 0 Å². The minimum Gasteiger partial charge on any atom is -0.0654 e. The Morgan fingerprint density at radius 2 is 1.11 bits per heavy atom. The Hall–Kier alpha value is 0. The second-order valence-electron chi connectivity index (χ2n) is 6.81. The predicted octanol–water partition coefficient (Wildman–Crippen LogP) is 6.84. The Labute approximate surface area is 117 Å². The summed E-state index contributed by atoms with van der Waals surface area (Å²) in [7, 11) is 0. The zero-order valence-corrected chi connectivity index (χ0v) is 13.8. The quantitative estimate of drug-likeness (QED) is 0.335. The van der Waals surface area contributed by atoms with Gasteiger partial charge in [0, 0.05) is 0 Å². The lowest BCUT2D eigenvalue weighted by Gasteiger charge is -2.16. The summed E-state index contributed by atoms with van der Waals surface area (Å²) in [6, 6.07) is 0. The summed E-state index contributed by atoms with van der Waals surface area (Å²) in [4.78, 5) is 0. The monoisotopic (exact) mass is 254 g/mol. The standard InChI is InChI=1S/C18H38/c1-6-7-8-9-10-13-17(4)14-11-12-15-18(5)16(2)3/h16-18H,6-15H2,1-5H3. The van der Waals surface area contributed by atoms with Crippen LogP contribution < -0.4 is 0 Å². The molecule has 2 unspecified atom stereocenters. The summed E-state index contributed by atoms with van der Waals surface area (Å²) < 4.78 is 0. The minimum absolute atomic E-state index is 0.862. The van der Waals surface area contributed by atoms with Crippen molar-refractivity contribution in [1.82, 2.24) is 0 Å². The summed E-state index contributed by atoms with van der Waals surface area (Å²) in [6.45, 7) is 11.8. The van der Waals surface area contributed by atoms with Crippen molar-refractivity contribution in [1.29, 1.82) is 0 Å². The average molecular weight is 255 g/mol. The van der Waals surface area contributed by atoms with Crippen molar-refractivity contribution in [3.8, 4) is 0 Å². The van der Waals surface area contributed by atoms with Gasteiger partial charge in [-0.3, -0.25) is 0 Å². The molecule has 0 saturated carbocycles. The maximum absolute atomic E-state index is 2.45. The van der Waals surface area contributed by atoms with Crippen LogP contribution in [0.25, 0.3) is 0 Å². The van der Waals surface area contributed by atoms with Gasteiger partial charge in [-0.1, -0.05) is 98.8 Å².